The summed E-state index contributed by atoms with van der Waals surface area (Å²) >= 11 is 5.79. The third-order valence-electron chi connectivity index (χ3n) is 11.7. The Hall–Kier alpha value is -8.00. The number of nitrogens with zero attached hydrogens (tertiary/aromatic N) is 7. The van der Waals surface area contributed by atoms with E-state index in [1.807, 2.05) is 18.2 Å². The number of carbonyl (C=O) groups is 4. The number of Topliss-reactive ketones (excluding diaryl/α,β-unsaturated/α-hetero) is 1. The molecule has 350 valence electrons. The Balaban J connectivity index is 0.000000185. The van der Waals surface area contributed by atoms with Crippen LogP contribution in [0.25, 0.3) is 22.1 Å². The van der Waals surface area contributed by atoms with Crippen LogP contribution in [-0.4, -0.2) is 81.7 Å². The summed E-state index contributed by atoms with van der Waals surface area (Å²) in [4.78, 5) is 65.6. The van der Waals surface area contributed by atoms with E-state index < -0.39 is 11.7 Å². The third-order valence-corrected chi connectivity index (χ3v) is 12.0. The lowest BCUT2D eigenvalue weighted by Gasteiger charge is -2.27. The minimum absolute atomic E-state index is 0.000222. The number of ether oxygens (including phenoxy) is 1. The zero-order valence-corrected chi connectivity index (χ0v) is 37.8. The largest absolute Gasteiger partial charge is 0.513 e. The number of amides is 3. The lowest BCUT2D eigenvalue weighted by Crippen LogP contribution is -2.26. The number of carbonyl (C=O) groups excluding carboxylic acids is 4. The van der Waals surface area contributed by atoms with Gasteiger partial charge in [0.05, 0.1) is 16.5 Å². The molecule has 68 heavy (non-hydrogen) atoms. The molecule has 4 aromatic heterocycles. The van der Waals surface area contributed by atoms with Gasteiger partial charge in [-0.05, 0) is 79.5 Å². The average molecular weight is 944 g/mol. The molecule has 0 spiro atoms. The maximum absolute atomic E-state index is 13.3. The van der Waals surface area contributed by atoms with Crippen molar-refractivity contribution in [2.75, 3.05) is 29.1 Å². The second-order valence-electron chi connectivity index (χ2n) is 16.4. The smallest absolute Gasteiger partial charge is 0.272 e. The summed E-state index contributed by atoms with van der Waals surface area (Å²) < 4.78 is 20.2. The number of benzene rings is 3. The summed E-state index contributed by atoms with van der Waals surface area (Å²) in [5, 5.41) is 36.1. The summed E-state index contributed by atoms with van der Waals surface area (Å²) in [6, 6.07) is 16.9. The van der Waals surface area contributed by atoms with Gasteiger partial charge >= 0.3 is 0 Å². The van der Waals surface area contributed by atoms with Gasteiger partial charge in [-0.3, -0.25) is 29.0 Å². The number of aryl methyl sites for hydroxylation is 1. The van der Waals surface area contributed by atoms with Gasteiger partial charge in [0, 0.05) is 44.7 Å². The van der Waals surface area contributed by atoms with Crippen molar-refractivity contribution in [3.63, 3.8) is 0 Å². The quantitative estimate of drug-likeness (QED) is 0.0437. The highest BCUT2D eigenvalue weighted by Crippen LogP contribution is 2.33. The molecule has 0 radical (unpaired) electrons. The Bertz CT molecular complexity index is 3040. The molecule has 0 bridgehead atoms. The molecule has 3 aromatic carbocycles. The first-order chi connectivity index (χ1) is 32.8. The Morgan fingerprint density at radius 1 is 0.853 bits per heavy atom. The number of aliphatic hydroxyl groups is 1. The van der Waals surface area contributed by atoms with E-state index in [4.69, 9.17) is 16.3 Å². The number of ketones is 1. The van der Waals surface area contributed by atoms with Crippen molar-refractivity contribution in [2.24, 2.45) is 18.9 Å². The van der Waals surface area contributed by atoms with Crippen molar-refractivity contribution in [3.8, 4) is 5.75 Å². The molecule has 21 heteroatoms. The van der Waals surface area contributed by atoms with Crippen LogP contribution < -0.4 is 31.3 Å². The predicted octanol–water partition coefficient (Wildman–Crippen LogP) is 6.80. The van der Waals surface area contributed by atoms with Gasteiger partial charge in [0.25, 0.3) is 17.7 Å². The van der Waals surface area contributed by atoms with Crippen molar-refractivity contribution in [1.82, 2.24) is 50.5 Å². The molecule has 1 saturated carbocycles. The van der Waals surface area contributed by atoms with Gasteiger partial charge in [-0.25, -0.2) is 24.3 Å². The van der Waals surface area contributed by atoms with E-state index in [1.54, 1.807) is 42.1 Å². The van der Waals surface area contributed by atoms with E-state index in [1.165, 1.54) is 31.7 Å². The van der Waals surface area contributed by atoms with Gasteiger partial charge in [-0.2, -0.15) is 10.2 Å². The second kappa shape index (κ2) is 20.7. The van der Waals surface area contributed by atoms with Crippen molar-refractivity contribution < 1.29 is 33.4 Å². The molecular weight excluding hydrogens is 897 g/mol. The summed E-state index contributed by atoms with van der Waals surface area (Å²) in [5.41, 5.74) is 6.01. The van der Waals surface area contributed by atoms with Crippen molar-refractivity contribution in [1.29, 1.82) is 0 Å². The molecule has 1 fully saturated rings. The number of H-pyrrole nitrogens is 1. The van der Waals surface area contributed by atoms with Gasteiger partial charge < -0.3 is 36.4 Å². The molecule has 0 atom stereocenters. The van der Waals surface area contributed by atoms with Crippen molar-refractivity contribution >= 4 is 74.5 Å². The molecule has 2 aliphatic rings. The number of nitrogens with one attached hydrogen (secondary N) is 6. The number of allylic oxidation sites excluding steroid dienone is 1. The molecule has 7 N–H and O–H groups in total. The van der Waals surface area contributed by atoms with Crippen LogP contribution in [0.3, 0.4) is 0 Å². The fourth-order valence-corrected chi connectivity index (χ4v) is 8.13. The maximum Gasteiger partial charge on any atom is 0.272 e. The number of halogens is 2. The maximum atomic E-state index is 13.3. The van der Waals surface area contributed by atoms with Gasteiger partial charge in [-0.15, -0.1) is 0 Å². The van der Waals surface area contributed by atoms with Crippen LogP contribution in [-0.2, 0) is 31.5 Å². The highest BCUT2D eigenvalue weighted by molar-refractivity contribution is 6.30. The molecule has 1 aliphatic heterocycles. The monoisotopic (exact) mass is 943 g/mol. The second-order valence-corrected chi connectivity index (χ2v) is 16.8. The normalized spacial score (nSPS) is 15.3. The van der Waals surface area contributed by atoms with Gasteiger partial charge in [0.1, 0.15) is 46.3 Å². The Morgan fingerprint density at radius 3 is 2.22 bits per heavy atom. The minimum Gasteiger partial charge on any atom is -0.513 e. The lowest BCUT2D eigenvalue weighted by molar-refractivity contribution is -0.118. The average Bonchev–Trinajstić information content (AvgIpc) is 3.92. The number of aliphatic hydroxyl groups excluding tert-OH is 1. The van der Waals surface area contributed by atoms with E-state index in [-0.39, 0.29) is 65.4 Å². The Kier molecular flexibility index (Phi) is 14.1. The molecule has 9 rings (SSSR count). The Labute approximate surface area is 393 Å². The predicted molar refractivity (Wildman–Crippen MR) is 252 cm³/mol. The molecular formula is C47H47ClFN13O6. The molecule has 1 aliphatic carbocycles. The number of hydrogen-bond donors (Lipinski definition) is 7. The topological polar surface area (TPSA) is 256 Å². The lowest BCUT2D eigenvalue weighted by atomic mass is 9.81. The van der Waals surface area contributed by atoms with Crippen molar-refractivity contribution in [3.05, 3.63) is 130 Å². The number of aromatic nitrogens is 8. The molecule has 5 heterocycles. The zero-order valence-electron chi connectivity index (χ0n) is 37.0. The summed E-state index contributed by atoms with van der Waals surface area (Å²) in [6.45, 7) is 6.75. The third kappa shape index (κ3) is 10.8. The first-order valence-electron chi connectivity index (χ1n) is 21.7. The Morgan fingerprint density at radius 2 is 1.51 bits per heavy atom. The molecule has 3 amide bonds. The van der Waals surface area contributed by atoms with Crippen LogP contribution in [0.1, 0.15) is 80.6 Å². The summed E-state index contributed by atoms with van der Waals surface area (Å²) in [6.07, 6.45) is 6.50. The van der Waals surface area contributed by atoms with E-state index >= 15 is 0 Å². The number of hydrogen-bond acceptors (Lipinski definition) is 14. The highest BCUT2D eigenvalue weighted by Gasteiger charge is 2.25. The zero-order chi connectivity index (χ0) is 47.9. The minimum atomic E-state index is -0.511. The molecule has 0 saturated heterocycles. The van der Waals surface area contributed by atoms with Gasteiger partial charge in [0.2, 0.25) is 0 Å². The van der Waals surface area contributed by atoms with Crippen LogP contribution >= 0.6 is 11.6 Å². The van der Waals surface area contributed by atoms with E-state index in [9.17, 15) is 28.7 Å². The number of aromatic amines is 1. The number of fused-ring (bicyclic) bond motifs is 3. The first kappa shape index (κ1) is 46.5. The summed E-state index contributed by atoms with van der Waals surface area (Å²) in [7, 11) is 1.72. The van der Waals surface area contributed by atoms with Crippen LogP contribution in [0.2, 0.25) is 5.02 Å². The van der Waals surface area contributed by atoms with E-state index in [0.29, 0.717) is 68.7 Å². The van der Waals surface area contributed by atoms with Gasteiger partial charge in [0.15, 0.2) is 35.4 Å². The number of anilines is 3. The van der Waals surface area contributed by atoms with Crippen LogP contribution in [0, 0.1) is 17.7 Å². The van der Waals surface area contributed by atoms with E-state index in [0.717, 1.165) is 43.4 Å². The van der Waals surface area contributed by atoms with Crippen molar-refractivity contribution in [2.45, 2.75) is 52.2 Å². The summed E-state index contributed by atoms with van der Waals surface area (Å²) in [5.74, 6) is 1.10. The molecule has 0 unspecified atom stereocenters. The fourth-order valence-electron chi connectivity index (χ4n) is 7.93. The molecule has 19 nitrogen and oxygen atoms in total. The first-order valence-corrected chi connectivity index (χ1v) is 22.1. The van der Waals surface area contributed by atoms with Gasteiger partial charge in [-0.1, -0.05) is 54.6 Å². The van der Waals surface area contributed by atoms with Crippen LogP contribution in [0.4, 0.5) is 21.7 Å². The standard InChI is InChI=1S/C25H23N7O4.C22H24ClFN6O2/c1-14(33)17-6-3-15(4-7-17)10-26-24-21-23(32(2)31-24)22(29-13-28-21)25(35)27-11-16-5-8-19-18(9-16)30-20(34)12-36-19;1-12(31)15-5-2-13(3-6-15)9-25-21-19-18(29-30-21)20(28-11-27-19)22(32)26-10-14-4-7-17(24)16(23)8-14/h3-9,13H,10-12H2,1-2H3,(H,26,31)(H,27,35)(H,30,34);4,7-8,11,13,15,31H,1-3,5-6,9-10H2,(H,26,32)(H2,25,29,30). The molecule has 7 aromatic rings. The highest BCUT2D eigenvalue weighted by atomic mass is 35.5. The van der Waals surface area contributed by atoms with E-state index in [2.05, 4.69) is 68.4 Å². The van der Waals surface area contributed by atoms with Crippen LogP contribution in [0.5, 0.6) is 5.75 Å². The fraction of sp³-hybridized carbons (Fsp3) is 0.277. The number of rotatable bonds is 14. The van der Waals surface area contributed by atoms with Crippen LogP contribution in [0.15, 0.2) is 85.7 Å². The SMILES string of the molecule is C=C(O)C1CCC(CNc2n[nH]c3c(C(=O)NCc4ccc(F)c(Cl)c4)ncnc23)CC1.CC(=O)c1ccc(CNc2nn(C)c3c(C(=O)NCc4ccc5c(c4)NC(=O)CO5)ncnc23)cc1.